The number of ether oxygens (including phenoxy) is 3. The molecule has 39 heavy (non-hydrogen) atoms. The Morgan fingerprint density at radius 1 is 1.03 bits per heavy atom. The number of sulfone groups is 1. The fourth-order valence-electron chi connectivity index (χ4n) is 4.40. The van der Waals surface area contributed by atoms with Crippen molar-refractivity contribution in [3.05, 3.63) is 66.0 Å². The molecule has 0 N–H and O–H groups in total. The molecule has 3 aromatic heterocycles. The van der Waals surface area contributed by atoms with E-state index >= 15 is 0 Å². The normalized spacial score (nSPS) is 13.3. The Hall–Kier alpha value is -3.84. The summed E-state index contributed by atoms with van der Waals surface area (Å²) in [5.74, 6) is 0.728. The first-order valence-electron chi connectivity index (χ1n) is 12.1. The largest absolute Gasteiger partial charge is 0.494 e. The van der Waals surface area contributed by atoms with E-state index in [0.29, 0.717) is 28.7 Å². The molecule has 1 aromatic carbocycles. The molecule has 0 radical (unpaired) electrons. The summed E-state index contributed by atoms with van der Waals surface area (Å²) in [7, 11) is 0.565. The highest BCUT2D eigenvalue weighted by Crippen LogP contribution is 2.37. The number of nitrogens with zero attached hydrogens (tertiary/aromatic N) is 5. The summed E-state index contributed by atoms with van der Waals surface area (Å²) in [5.41, 5.74) is 0.421. The van der Waals surface area contributed by atoms with Gasteiger partial charge in [-0.3, -0.25) is 4.57 Å². The maximum Gasteiger partial charge on any atom is 0.204 e. The van der Waals surface area contributed by atoms with Crippen LogP contribution in [-0.4, -0.2) is 66.3 Å². The second kappa shape index (κ2) is 11.9. The Balaban J connectivity index is 1.84. The molecule has 3 heterocycles. The lowest BCUT2D eigenvalue weighted by Crippen LogP contribution is -2.31. The number of benzene rings is 1. The third kappa shape index (κ3) is 5.93. The number of para-hydroxylation sites is 1. The van der Waals surface area contributed by atoms with Gasteiger partial charge >= 0.3 is 0 Å². The van der Waals surface area contributed by atoms with Gasteiger partial charge in [-0.2, -0.15) is 0 Å². The predicted octanol–water partition coefficient (Wildman–Crippen LogP) is 3.91. The number of rotatable bonds is 12. The average Bonchev–Trinajstić information content (AvgIpc) is 3.53. The van der Waals surface area contributed by atoms with Crippen LogP contribution in [0.5, 0.6) is 11.5 Å². The van der Waals surface area contributed by atoms with Crippen LogP contribution in [0.2, 0.25) is 0 Å². The Morgan fingerprint density at radius 3 is 2.26 bits per heavy atom. The molecule has 0 aliphatic carbocycles. The molecule has 0 saturated carbocycles. The van der Waals surface area contributed by atoms with Crippen molar-refractivity contribution in [1.29, 1.82) is 0 Å². The smallest absolute Gasteiger partial charge is 0.204 e. The van der Waals surface area contributed by atoms with Crippen LogP contribution in [0.1, 0.15) is 36.7 Å². The van der Waals surface area contributed by atoms with E-state index in [0.717, 1.165) is 12.4 Å². The minimum absolute atomic E-state index is 0.122. The maximum absolute atomic E-state index is 14.0. The van der Waals surface area contributed by atoms with Crippen molar-refractivity contribution < 1.29 is 31.4 Å². The summed E-state index contributed by atoms with van der Waals surface area (Å²) < 4.78 is 65.2. The lowest BCUT2D eigenvalue weighted by molar-refractivity contribution is 0.191. The summed E-state index contributed by atoms with van der Waals surface area (Å²) in [6.07, 6.45) is 2.19. The molecule has 0 spiro atoms. The molecule has 0 aliphatic rings. The molecule has 0 unspecified atom stereocenters. The zero-order valence-corrected chi connectivity index (χ0v) is 23.1. The molecule has 208 valence electrons. The quantitative estimate of drug-likeness (QED) is 0.252. The van der Waals surface area contributed by atoms with Crippen LogP contribution >= 0.6 is 0 Å². The molecule has 0 amide bonds. The zero-order valence-electron chi connectivity index (χ0n) is 22.3. The second-order valence-electron chi connectivity index (χ2n) is 8.87. The van der Waals surface area contributed by atoms with E-state index < -0.39 is 32.6 Å². The van der Waals surface area contributed by atoms with Crippen LogP contribution in [0.15, 0.2) is 47.1 Å². The van der Waals surface area contributed by atoms with Crippen molar-refractivity contribution in [3.63, 3.8) is 0 Å². The second-order valence-corrected chi connectivity index (χ2v) is 11.1. The van der Waals surface area contributed by atoms with Gasteiger partial charge in [-0.1, -0.05) is 13.0 Å². The summed E-state index contributed by atoms with van der Waals surface area (Å²) in [4.78, 5) is 8.03. The van der Waals surface area contributed by atoms with Gasteiger partial charge in [0.15, 0.2) is 27.2 Å². The fraction of sp³-hybridized carbons (Fsp3) is 0.385. The number of methoxy groups -OCH3 is 3. The van der Waals surface area contributed by atoms with Gasteiger partial charge < -0.3 is 18.6 Å². The first-order chi connectivity index (χ1) is 18.7. The van der Waals surface area contributed by atoms with Gasteiger partial charge in [-0.25, -0.2) is 22.8 Å². The molecule has 2 atom stereocenters. The van der Waals surface area contributed by atoms with Gasteiger partial charge in [0.1, 0.15) is 34.5 Å². The maximum atomic E-state index is 14.0. The molecular weight excluding hydrogens is 529 g/mol. The number of halogens is 1. The molecule has 0 aliphatic heterocycles. The molecule has 4 aromatic rings. The van der Waals surface area contributed by atoms with Crippen LogP contribution in [0.25, 0.3) is 17.3 Å². The molecule has 0 bridgehead atoms. The third-order valence-electron chi connectivity index (χ3n) is 6.32. The van der Waals surface area contributed by atoms with Gasteiger partial charge in [0.25, 0.3) is 0 Å². The number of hydrogen-bond acceptors (Lipinski definition) is 10. The third-order valence-corrected chi connectivity index (χ3v) is 8.55. The van der Waals surface area contributed by atoms with Gasteiger partial charge in [-0.05, 0) is 37.6 Å². The Bertz CT molecular complexity index is 1500. The highest BCUT2D eigenvalue weighted by molar-refractivity contribution is 7.91. The zero-order chi connectivity index (χ0) is 28.2. The summed E-state index contributed by atoms with van der Waals surface area (Å²) >= 11 is 0. The van der Waals surface area contributed by atoms with Crippen molar-refractivity contribution in [2.45, 2.75) is 37.2 Å². The standard InChI is InChI=1S/C26H30FN5O6S/c1-16-9-10-21(38-16)26-31-30-23(32(26)24-19(36-4)7-6-8-20(24)37-5)15-39(33,34)22(11-12-35-3)17(2)25-28-13-18(27)14-29-25/h6-10,13-14,17,22H,11-12,15H2,1-5H3/t17-,22+/m1/s1. The number of furan rings is 1. The molecule has 11 nitrogen and oxygen atoms in total. The first-order valence-corrected chi connectivity index (χ1v) is 13.8. The van der Waals surface area contributed by atoms with Crippen molar-refractivity contribution in [1.82, 2.24) is 24.7 Å². The first kappa shape index (κ1) is 28.2. The van der Waals surface area contributed by atoms with E-state index in [1.54, 1.807) is 48.7 Å². The van der Waals surface area contributed by atoms with E-state index in [4.69, 9.17) is 18.6 Å². The van der Waals surface area contributed by atoms with Crippen LogP contribution in [0, 0.1) is 12.7 Å². The molecule has 0 saturated heterocycles. The van der Waals surface area contributed by atoms with E-state index in [9.17, 15) is 12.8 Å². The van der Waals surface area contributed by atoms with Crippen LogP contribution in [-0.2, 0) is 20.3 Å². The monoisotopic (exact) mass is 559 g/mol. The van der Waals surface area contributed by atoms with E-state index in [1.165, 1.54) is 21.3 Å². The van der Waals surface area contributed by atoms with Crippen molar-refractivity contribution >= 4 is 9.84 Å². The van der Waals surface area contributed by atoms with E-state index in [-0.39, 0.29) is 30.5 Å². The number of hydrogen-bond donors (Lipinski definition) is 0. The average molecular weight is 560 g/mol. The van der Waals surface area contributed by atoms with Crippen molar-refractivity contribution in [2.75, 3.05) is 27.9 Å². The number of aryl methyl sites for hydroxylation is 1. The SMILES string of the molecule is COCC[C@@H]([C@@H](C)c1ncc(F)cn1)S(=O)(=O)Cc1nnc(-c2ccc(C)o2)n1-c1c(OC)cccc1OC. The van der Waals surface area contributed by atoms with Gasteiger partial charge in [0.05, 0.1) is 31.9 Å². The van der Waals surface area contributed by atoms with Gasteiger partial charge in [0.2, 0.25) is 5.82 Å². The molecule has 13 heteroatoms. The van der Waals surface area contributed by atoms with Crippen molar-refractivity contribution in [2.24, 2.45) is 0 Å². The Labute approximate surface area is 225 Å². The van der Waals surface area contributed by atoms with Crippen LogP contribution in [0.4, 0.5) is 4.39 Å². The minimum atomic E-state index is -3.93. The van der Waals surface area contributed by atoms with E-state index in [1.807, 2.05) is 0 Å². The summed E-state index contributed by atoms with van der Waals surface area (Å²) in [6.45, 7) is 3.66. The predicted molar refractivity (Wildman–Crippen MR) is 140 cm³/mol. The van der Waals surface area contributed by atoms with Crippen LogP contribution < -0.4 is 9.47 Å². The molecule has 0 fully saturated rings. The van der Waals surface area contributed by atoms with Gasteiger partial charge in [-0.15, -0.1) is 10.2 Å². The highest BCUT2D eigenvalue weighted by Gasteiger charge is 2.36. The van der Waals surface area contributed by atoms with Crippen molar-refractivity contribution in [3.8, 4) is 28.8 Å². The molecule has 4 rings (SSSR count). The highest BCUT2D eigenvalue weighted by atomic mass is 32.2. The van der Waals surface area contributed by atoms with Gasteiger partial charge in [0, 0.05) is 19.6 Å². The summed E-state index contributed by atoms with van der Waals surface area (Å²) in [6, 6.07) is 8.70. The van der Waals surface area contributed by atoms with E-state index in [2.05, 4.69) is 20.2 Å². The minimum Gasteiger partial charge on any atom is -0.494 e. The lowest BCUT2D eigenvalue weighted by atomic mass is 10.0. The van der Waals surface area contributed by atoms with Crippen LogP contribution in [0.3, 0.4) is 0 Å². The summed E-state index contributed by atoms with van der Waals surface area (Å²) in [5, 5.41) is 7.61. The lowest BCUT2D eigenvalue weighted by Gasteiger charge is -2.23. The molecular formula is C26H30FN5O6S. The number of aromatic nitrogens is 5. The Kier molecular flexibility index (Phi) is 8.60. The fourth-order valence-corrected chi connectivity index (χ4v) is 6.36. The Morgan fingerprint density at radius 2 is 1.69 bits per heavy atom. The topological polar surface area (TPSA) is 131 Å².